The highest BCUT2D eigenvalue weighted by Gasteiger charge is 2.20. The van der Waals surface area contributed by atoms with Crippen molar-refractivity contribution in [2.45, 2.75) is 33.1 Å². The lowest BCUT2D eigenvalue weighted by Crippen LogP contribution is -2.24. The maximum atomic E-state index is 13.1. The second-order valence-corrected chi connectivity index (χ2v) is 6.17. The minimum absolute atomic E-state index is 0.208. The number of benzene rings is 1. The van der Waals surface area contributed by atoms with Crippen molar-refractivity contribution < 1.29 is 4.39 Å². The lowest BCUT2D eigenvalue weighted by Gasteiger charge is -2.19. The van der Waals surface area contributed by atoms with Gasteiger partial charge in [0.1, 0.15) is 11.6 Å². The van der Waals surface area contributed by atoms with Gasteiger partial charge >= 0.3 is 0 Å². The summed E-state index contributed by atoms with van der Waals surface area (Å²) in [5.41, 5.74) is 1.01. The molecule has 0 saturated heterocycles. The number of H-pyrrole nitrogens is 1. The van der Waals surface area contributed by atoms with Crippen LogP contribution in [0, 0.1) is 12.7 Å². The van der Waals surface area contributed by atoms with E-state index < -0.39 is 5.82 Å². The van der Waals surface area contributed by atoms with Crippen LogP contribution in [-0.4, -0.2) is 9.97 Å². The van der Waals surface area contributed by atoms with Crippen molar-refractivity contribution in [1.82, 2.24) is 9.97 Å². The van der Waals surface area contributed by atoms with Gasteiger partial charge in [0.05, 0.1) is 10.7 Å². The van der Waals surface area contributed by atoms with E-state index in [9.17, 15) is 9.18 Å². The van der Waals surface area contributed by atoms with Crippen molar-refractivity contribution in [3.05, 3.63) is 50.8 Å². The van der Waals surface area contributed by atoms with Gasteiger partial charge in [0.15, 0.2) is 0 Å². The smallest absolute Gasteiger partial charge is 0.254 e. The first-order chi connectivity index (χ1) is 9.20. The molecule has 0 amide bonds. The summed E-state index contributed by atoms with van der Waals surface area (Å²) < 4.78 is 13.1. The van der Waals surface area contributed by atoms with E-state index in [2.05, 4.69) is 9.97 Å². The number of aromatic nitrogens is 2. The zero-order valence-corrected chi connectivity index (χ0v) is 12.6. The number of hydrogen-bond acceptors (Lipinski definition) is 2. The summed E-state index contributed by atoms with van der Waals surface area (Å²) >= 11 is 6.06. The predicted octanol–water partition coefficient (Wildman–Crippen LogP) is 3.84. The fourth-order valence-electron chi connectivity index (χ4n) is 1.83. The number of hydrogen-bond donors (Lipinski definition) is 1. The van der Waals surface area contributed by atoms with Crippen LogP contribution in [0.15, 0.2) is 23.0 Å². The Labute approximate surface area is 121 Å². The van der Waals surface area contributed by atoms with E-state index in [1.165, 1.54) is 12.1 Å². The van der Waals surface area contributed by atoms with E-state index in [4.69, 9.17) is 11.6 Å². The van der Waals surface area contributed by atoms with E-state index >= 15 is 0 Å². The van der Waals surface area contributed by atoms with E-state index in [1.54, 1.807) is 13.0 Å². The third-order valence-electron chi connectivity index (χ3n) is 3.05. The van der Waals surface area contributed by atoms with Gasteiger partial charge in [-0.05, 0) is 25.1 Å². The molecule has 0 saturated carbocycles. The summed E-state index contributed by atoms with van der Waals surface area (Å²) in [6.45, 7) is 7.54. The van der Waals surface area contributed by atoms with Crippen LogP contribution in [0.1, 0.15) is 32.2 Å². The van der Waals surface area contributed by atoms with Crippen LogP contribution in [0.2, 0.25) is 5.02 Å². The van der Waals surface area contributed by atoms with Crippen LogP contribution in [0.5, 0.6) is 0 Å². The lowest BCUT2D eigenvalue weighted by atomic mass is 9.95. The van der Waals surface area contributed by atoms with Crippen LogP contribution in [-0.2, 0) is 5.41 Å². The monoisotopic (exact) mass is 294 g/mol. The van der Waals surface area contributed by atoms with Crippen LogP contribution < -0.4 is 5.56 Å². The molecule has 0 bridgehead atoms. The topological polar surface area (TPSA) is 45.8 Å². The molecule has 0 fully saturated rings. The highest BCUT2D eigenvalue weighted by Crippen LogP contribution is 2.29. The molecule has 3 nitrogen and oxygen atoms in total. The average molecular weight is 295 g/mol. The SMILES string of the molecule is Cc1c(-c2ccc(F)cc2Cl)nc(C(C)(C)C)[nH]c1=O. The van der Waals surface area contributed by atoms with E-state index in [-0.39, 0.29) is 16.0 Å². The molecular weight excluding hydrogens is 279 g/mol. The second-order valence-electron chi connectivity index (χ2n) is 5.76. The summed E-state index contributed by atoms with van der Waals surface area (Å²) in [5, 5.41) is 0.242. The molecule has 1 heterocycles. The molecule has 2 aromatic rings. The Kier molecular flexibility index (Phi) is 3.69. The molecular formula is C15H16ClFN2O. The van der Waals surface area contributed by atoms with Gasteiger partial charge in [-0.25, -0.2) is 9.37 Å². The van der Waals surface area contributed by atoms with Gasteiger partial charge in [-0.1, -0.05) is 32.4 Å². The van der Waals surface area contributed by atoms with Crippen LogP contribution >= 0.6 is 11.6 Å². The Bertz CT molecular complexity index is 717. The lowest BCUT2D eigenvalue weighted by molar-refractivity contribution is 0.542. The first-order valence-corrected chi connectivity index (χ1v) is 6.65. The predicted molar refractivity (Wildman–Crippen MR) is 78.7 cm³/mol. The van der Waals surface area contributed by atoms with Gasteiger partial charge in [-0.2, -0.15) is 0 Å². The van der Waals surface area contributed by atoms with Crippen molar-refractivity contribution in [2.75, 3.05) is 0 Å². The maximum Gasteiger partial charge on any atom is 0.254 e. The largest absolute Gasteiger partial charge is 0.310 e. The maximum absolute atomic E-state index is 13.1. The molecule has 0 atom stereocenters. The van der Waals surface area contributed by atoms with Gasteiger partial charge in [-0.15, -0.1) is 0 Å². The van der Waals surface area contributed by atoms with Crippen LogP contribution in [0.25, 0.3) is 11.3 Å². The molecule has 5 heteroatoms. The van der Waals surface area contributed by atoms with Crippen molar-refractivity contribution in [3.8, 4) is 11.3 Å². The fourth-order valence-corrected chi connectivity index (χ4v) is 2.09. The van der Waals surface area contributed by atoms with Gasteiger partial charge < -0.3 is 4.98 Å². The minimum atomic E-state index is -0.419. The number of halogens is 2. The van der Waals surface area contributed by atoms with Crippen LogP contribution in [0.4, 0.5) is 4.39 Å². The highest BCUT2D eigenvalue weighted by molar-refractivity contribution is 6.33. The summed E-state index contributed by atoms with van der Waals surface area (Å²) in [6.07, 6.45) is 0. The number of rotatable bonds is 1. The van der Waals surface area contributed by atoms with Crippen LogP contribution in [0.3, 0.4) is 0 Å². The standard InChI is InChI=1S/C15H16ClFN2O/c1-8-12(10-6-5-9(17)7-11(10)16)18-14(15(2,3)4)19-13(8)20/h5-7H,1-4H3,(H,18,19,20). The number of nitrogens with zero attached hydrogens (tertiary/aromatic N) is 1. The molecule has 0 aliphatic heterocycles. The molecule has 1 aromatic heterocycles. The second kappa shape index (κ2) is 5.02. The molecule has 20 heavy (non-hydrogen) atoms. The summed E-state index contributed by atoms with van der Waals surface area (Å²) in [7, 11) is 0. The quantitative estimate of drug-likeness (QED) is 0.868. The zero-order chi connectivity index (χ0) is 15.1. The normalized spacial score (nSPS) is 11.7. The first-order valence-electron chi connectivity index (χ1n) is 6.27. The number of aromatic amines is 1. The molecule has 2 rings (SSSR count). The van der Waals surface area contributed by atoms with Gasteiger partial charge in [0.2, 0.25) is 0 Å². The Morgan fingerprint density at radius 2 is 1.95 bits per heavy atom. The first kappa shape index (κ1) is 14.7. The van der Waals surface area contributed by atoms with Crippen molar-refractivity contribution in [3.63, 3.8) is 0 Å². The third-order valence-corrected chi connectivity index (χ3v) is 3.36. The Hall–Kier alpha value is -1.68. The van der Waals surface area contributed by atoms with Gasteiger partial charge in [-0.3, -0.25) is 4.79 Å². The van der Waals surface area contributed by atoms with Gasteiger partial charge in [0.25, 0.3) is 5.56 Å². The molecule has 1 N–H and O–H groups in total. The Balaban J connectivity index is 2.73. The van der Waals surface area contributed by atoms with E-state index in [0.717, 1.165) is 0 Å². The molecule has 1 aromatic carbocycles. The summed E-state index contributed by atoms with van der Waals surface area (Å²) in [5.74, 6) is 0.154. The number of nitrogens with one attached hydrogen (secondary N) is 1. The highest BCUT2D eigenvalue weighted by atomic mass is 35.5. The van der Waals surface area contributed by atoms with E-state index in [1.807, 2.05) is 20.8 Å². The molecule has 0 radical (unpaired) electrons. The Morgan fingerprint density at radius 3 is 2.50 bits per heavy atom. The zero-order valence-electron chi connectivity index (χ0n) is 11.8. The van der Waals surface area contributed by atoms with E-state index in [0.29, 0.717) is 22.6 Å². The fraction of sp³-hybridized carbons (Fsp3) is 0.333. The molecule has 0 unspecified atom stereocenters. The average Bonchev–Trinajstić information content (AvgIpc) is 2.32. The van der Waals surface area contributed by atoms with Gasteiger partial charge in [0, 0.05) is 16.5 Å². The summed E-state index contributed by atoms with van der Waals surface area (Å²) in [4.78, 5) is 19.3. The van der Waals surface area contributed by atoms with Crippen molar-refractivity contribution >= 4 is 11.6 Å². The van der Waals surface area contributed by atoms with Crippen molar-refractivity contribution in [2.24, 2.45) is 0 Å². The van der Waals surface area contributed by atoms with Crippen molar-refractivity contribution in [1.29, 1.82) is 0 Å². The molecule has 0 aliphatic rings. The Morgan fingerprint density at radius 1 is 1.30 bits per heavy atom. The summed E-state index contributed by atoms with van der Waals surface area (Å²) in [6, 6.07) is 4.06. The molecule has 106 valence electrons. The minimum Gasteiger partial charge on any atom is -0.310 e. The third kappa shape index (κ3) is 2.75. The molecule has 0 aliphatic carbocycles. The molecule has 0 spiro atoms.